The summed E-state index contributed by atoms with van der Waals surface area (Å²) >= 11 is 3.39. The van der Waals surface area contributed by atoms with E-state index in [9.17, 15) is 4.79 Å². The molecule has 0 aliphatic carbocycles. The van der Waals surface area contributed by atoms with E-state index < -0.39 is 5.97 Å². The molecule has 4 nitrogen and oxygen atoms in total. The summed E-state index contributed by atoms with van der Waals surface area (Å²) in [6.07, 6.45) is 1.65. The lowest BCUT2D eigenvalue weighted by Crippen LogP contribution is -2.15. The van der Waals surface area contributed by atoms with Crippen molar-refractivity contribution in [3.05, 3.63) is 28.7 Å². The molecule has 0 fully saturated rings. The van der Waals surface area contributed by atoms with Crippen LogP contribution in [-0.2, 0) is 9.53 Å². The fourth-order valence-electron chi connectivity index (χ4n) is 1.49. The van der Waals surface area contributed by atoms with E-state index in [2.05, 4.69) is 22.5 Å². The maximum Gasteiger partial charge on any atom is 0.344 e. The smallest absolute Gasteiger partial charge is 0.344 e. The minimum Gasteiger partial charge on any atom is -0.490 e. The molecular formula is C14H17BrO4. The Kier molecular flexibility index (Phi) is 6.42. The Morgan fingerprint density at radius 2 is 2.05 bits per heavy atom. The van der Waals surface area contributed by atoms with E-state index in [4.69, 9.17) is 14.2 Å². The lowest BCUT2D eigenvalue weighted by molar-refractivity contribution is -0.145. The molecule has 104 valence electrons. The molecule has 5 heteroatoms. The fraction of sp³-hybridized carbons (Fsp3) is 0.357. The van der Waals surface area contributed by atoms with E-state index in [1.54, 1.807) is 19.1 Å². The average molecular weight is 329 g/mol. The number of esters is 1. The van der Waals surface area contributed by atoms with Gasteiger partial charge in [0.25, 0.3) is 0 Å². The van der Waals surface area contributed by atoms with Gasteiger partial charge >= 0.3 is 5.97 Å². The van der Waals surface area contributed by atoms with E-state index >= 15 is 0 Å². The third kappa shape index (κ3) is 4.59. The van der Waals surface area contributed by atoms with Crippen LogP contribution in [0, 0.1) is 0 Å². The van der Waals surface area contributed by atoms with E-state index in [1.807, 2.05) is 13.0 Å². The van der Waals surface area contributed by atoms with Crippen LogP contribution in [0.1, 0.15) is 19.4 Å². The van der Waals surface area contributed by atoms with Crippen molar-refractivity contribution in [3.8, 4) is 11.5 Å². The van der Waals surface area contributed by atoms with Gasteiger partial charge in [0.1, 0.15) is 0 Å². The molecule has 0 aliphatic heterocycles. The topological polar surface area (TPSA) is 44.8 Å². The Balaban J connectivity index is 2.95. The molecule has 0 atom stereocenters. The van der Waals surface area contributed by atoms with E-state index in [0.717, 1.165) is 10.0 Å². The van der Waals surface area contributed by atoms with Crippen LogP contribution in [0.5, 0.6) is 11.5 Å². The number of ether oxygens (including phenoxy) is 3. The number of rotatable bonds is 7. The molecule has 1 aromatic carbocycles. The zero-order chi connectivity index (χ0) is 14.3. The second-order valence-electron chi connectivity index (χ2n) is 3.55. The molecule has 19 heavy (non-hydrogen) atoms. The van der Waals surface area contributed by atoms with Crippen molar-refractivity contribution in [3.63, 3.8) is 0 Å². The predicted octanol–water partition coefficient (Wildman–Crippen LogP) is 3.43. The van der Waals surface area contributed by atoms with Gasteiger partial charge in [-0.3, -0.25) is 0 Å². The molecule has 0 heterocycles. The van der Waals surface area contributed by atoms with Gasteiger partial charge in [0.05, 0.1) is 13.2 Å². The van der Waals surface area contributed by atoms with Crippen LogP contribution in [0.15, 0.2) is 23.2 Å². The fourth-order valence-corrected chi connectivity index (χ4v) is 1.95. The molecule has 0 aromatic heterocycles. The van der Waals surface area contributed by atoms with E-state index in [0.29, 0.717) is 24.7 Å². The highest BCUT2D eigenvalue weighted by Crippen LogP contribution is 2.35. The third-order valence-electron chi connectivity index (χ3n) is 2.21. The molecule has 0 saturated carbocycles. The third-order valence-corrected chi connectivity index (χ3v) is 2.67. The Bertz CT molecular complexity index is 457. The van der Waals surface area contributed by atoms with E-state index in [1.165, 1.54) is 0 Å². The molecule has 0 saturated heterocycles. The Morgan fingerprint density at radius 1 is 1.32 bits per heavy atom. The van der Waals surface area contributed by atoms with Gasteiger partial charge in [0.15, 0.2) is 18.1 Å². The molecule has 0 bridgehead atoms. The molecule has 1 rings (SSSR count). The number of halogens is 1. The number of benzene rings is 1. The number of carbonyl (C=O) groups is 1. The van der Waals surface area contributed by atoms with Gasteiger partial charge in [-0.05, 0) is 26.0 Å². The van der Waals surface area contributed by atoms with Gasteiger partial charge in [-0.15, -0.1) is 0 Å². The molecule has 0 N–H and O–H groups in total. The zero-order valence-electron chi connectivity index (χ0n) is 11.1. The van der Waals surface area contributed by atoms with Gasteiger partial charge in [-0.25, -0.2) is 4.79 Å². The summed E-state index contributed by atoms with van der Waals surface area (Å²) in [5.41, 5.74) is 0.752. The second kappa shape index (κ2) is 7.84. The first-order valence-electron chi connectivity index (χ1n) is 5.99. The second-order valence-corrected chi connectivity index (χ2v) is 4.47. The highest BCUT2D eigenvalue weighted by atomic mass is 79.9. The average Bonchev–Trinajstić information content (AvgIpc) is 2.37. The van der Waals surface area contributed by atoms with Crippen LogP contribution < -0.4 is 9.47 Å². The van der Waals surface area contributed by atoms with Crippen molar-refractivity contribution >= 4 is 28.0 Å². The lowest BCUT2D eigenvalue weighted by Gasteiger charge is -2.14. The maximum atomic E-state index is 11.3. The Labute approximate surface area is 121 Å². The first-order chi connectivity index (χ1) is 9.12. The highest BCUT2D eigenvalue weighted by molar-refractivity contribution is 9.10. The molecule has 0 radical (unpaired) electrons. The van der Waals surface area contributed by atoms with Crippen molar-refractivity contribution in [2.75, 3.05) is 19.8 Å². The highest BCUT2D eigenvalue weighted by Gasteiger charge is 2.13. The van der Waals surface area contributed by atoms with Crippen molar-refractivity contribution < 1.29 is 19.0 Å². The number of hydrogen-bond acceptors (Lipinski definition) is 4. The summed E-state index contributed by atoms with van der Waals surface area (Å²) < 4.78 is 16.7. The summed E-state index contributed by atoms with van der Waals surface area (Å²) in [5, 5.41) is 0. The normalized spacial score (nSPS) is 9.84. The van der Waals surface area contributed by atoms with Crippen molar-refractivity contribution in [1.82, 2.24) is 0 Å². The molecule has 0 amide bonds. The van der Waals surface area contributed by atoms with Gasteiger partial charge in [-0.1, -0.05) is 28.6 Å². The monoisotopic (exact) mass is 328 g/mol. The van der Waals surface area contributed by atoms with Crippen LogP contribution in [0.3, 0.4) is 0 Å². The molecular weight excluding hydrogens is 312 g/mol. The predicted molar refractivity (Wildman–Crippen MR) is 77.5 cm³/mol. The first kappa shape index (κ1) is 15.6. The van der Waals surface area contributed by atoms with E-state index in [-0.39, 0.29) is 6.61 Å². The minimum absolute atomic E-state index is 0.156. The van der Waals surface area contributed by atoms with Crippen LogP contribution in [0.2, 0.25) is 0 Å². The van der Waals surface area contributed by atoms with Gasteiger partial charge in [0.2, 0.25) is 0 Å². The van der Waals surface area contributed by atoms with Crippen LogP contribution in [-0.4, -0.2) is 25.8 Å². The molecule has 0 unspecified atom stereocenters. The van der Waals surface area contributed by atoms with Crippen LogP contribution in [0.4, 0.5) is 0 Å². The summed E-state index contributed by atoms with van der Waals surface area (Å²) in [6, 6.07) is 3.63. The summed E-state index contributed by atoms with van der Waals surface area (Å²) in [7, 11) is 0. The number of hydrogen-bond donors (Lipinski definition) is 0. The van der Waals surface area contributed by atoms with Gasteiger partial charge in [0, 0.05) is 10.0 Å². The Morgan fingerprint density at radius 3 is 2.63 bits per heavy atom. The molecule has 0 spiro atoms. The SMILES string of the molecule is C=Cc1cc(Br)cc(OCC)c1OCC(=O)OCC. The van der Waals surface area contributed by atoms with Gasteiger partial charge in [-0.2, -0.15) is 0 Å². The first-order valence-corrected chi connectivity index (χ1v) is 6.78. The van der Waals surface area contributed by atoms with Gasteiger partial charge < -0.3 is 14.2 Å². The van der Waals surface area contributed by atoms with Crippen molar-refractivity contribution in [2.45, 2.75) is 13.8 Å². The summed E-state index contributed by atoms with van der Waals surface area (Å²) in [5.74, 6) is 0.645. The summed E-state index contributed by atoms with van der Waals surface area (Å²) in [6.45, 7) is 8.03. The van der Waals surface area contributed by atoms with Crippen LogP contribution in [0.25, 0.3) is 6.08 Å². The summed E-state index contributed by atoms with van der Waals surface area (Å²) in [4.78, 5) is 11.3. The maximum absolute atomic E-state index is 11.3. The Hall–Kier alpha value is -1.49. The van der Waals surface area contributed by atoms with Crippen molar-refractivity contribution in [2.24, 2.45) is 0 Å². The largest absolute Gasteiger partial charge is 0.490 e. The molecule has 1 aromatic rings. The van der Waals surface area contributed by atoms with Crippen LogP contribution >= 0.6 is 15.9 Å². The zero-order valence-corrected chi connectivity index (χ0v) is 12.7. The van der Waals surface area contributed by atoms with Crippen molar-refractivity contribution in [1.29, 1.82) is 0 Å². The number of carbonyl (C=O) groups excluding carboxylic acids is 1. The minimum atomic E-state index is -0.414. The standard InChI is InChI=1S/C14H17BrO4/c1-4-10-7-11(15)8-12(17-5-2)14(10)19-9-13(16)18-6-3/h4,7-8H,1,5-6,9H2,2-3H3. The lowest BCUT2D eigenvalue weighted by atomic mass is 10.2. The molecule has 0 aliphatic rings. The quantitative estimate of drug-likeness (QED) is 0.719.